The zero-order valence-electron chi connectivity index (χ0n) is 12.3. The Morgan fingerprint density at radius 1 is 1.24 bits per heavy atom. The third-order valence-corrected chi connectivity index (χ3v) is 8.07. The van der Waals surface area contributed by atoms with Crippen molar-refractivity contribution in [1.29, 1.82) is 0 Å². The lowest BCUT2D eigenvalue weighted by molar-refractivity contribution is -0.136. The minimum absolute atomic E-state index is 0.172. The first-order valence-electron chi connectivity index (χ1n) is 7.05. The molecule has 122 valence electrons. The van der Waals surface area contributed by atoms with Crippen molar-refractivity contribution in [2.45, 2.75) is 42.9 Å². The van der Waals surface area contributed by atoms with Gasteiger partial charge in [0.1, 0.15) is 0 Å². The van der Waals surface area contributed by atoms with Gasteiger partial charge in [0.05, 0.1) is 5.75 Å². The highest BCUT2D eigenvalue weighted by atomic mass is 32.2. The molecule has 1 aliphatic carbocycles. The first-order chi connectivity index (χ1) is 9.63. The van der Waals surface area contributed by atoms with Gasteiger partial charge in [0, 0.05) is 18.8 Å². The molecule has 1 heterocycles. The number of amides is 1. The van der Waals surface area contributed by atoms with Gasteiger partial charge in [-0.05, 0) is 39.2 Å². The molecule has 0 radical (unpaired) electrons. The van der Waals surface area contributed by atoms with Gasteiger partial charge in [-0.3, -0.25) is 4.79 Å². The first kappa shape index (κ1) is 16.7. The van der Waals surface area contributed by atoms with Crippen LogP contribution in [0.1, 0.15) is 32.1 Å². The first-order valence-corrected chi connectivity index (χ1v) is 10.6. The van der Waals surface area contributed by atoms with Gasteiger partial charge in [-0.1, -0.05) is 0 Å². The van der Waals surface area contributed by atoms with Crippen molar-refractivity contribution in [3.63, 3.8) is 0 Å². The number of rotatable bonds is 5. The molecular formula is C12H22N2O5S2. The van der Waals surface area contributed by atoms with Crippen LogP contribution in [-0.2, 0) is 24.7 Å². The minimum atomic E-state index is -3.49. The van der Waals surface area contributed by atoms with Crippen molar-refractivity contribution in [3.8, 4) is 0 Å². The van der Waals surface area contributed by atoms with E-state index in [9.17, 15) is 21.6 Å². The Balaban J connectivity index is 2.22. The number of nitrogens with one attached hydrogen (secondary N) is 1. The molecule has 7 nitrogen and oxygen atoms in total. The quantitative estimate of drug-likeness (QED) is 0.728. The van der Waals surface area contributed by atoms with Gasteiger partial charge < -0.3 is 4.90 Å². The smallest absolute Gasteiger partial charge is 0.244 e. The maximum Gasteiger partial charge on any atom is 0.244 e. The van der Waals surface area contributed by atoms with Crippen LogP contribution in [-0.4, -0.2) is 64.0 Å². The van der Waals surface area contributed by atoms with Crippen LogP contribution in [0.25, 0.3) is 0 Å². The maximum atomic E-state index is 12.7. The molecule has 1 saturated carbocycles. The molecule has 1 unspecified atom stereocenters. The van der Waals surface area contributed by atoms with E-state index in [2.05, 4.69) is 4.72 Å². The topological polar surface area (TPSA) is 101 Å². The molecule has 0 aromatic heterocycles. The van der Waals surface area contributed by atoms with Crippen molar-refractivity contribution in [1.82, 2.24) is 9.62 Å². The van der Waals surface area contributed by atoms with E-state index in [1.165, 1.54) is 11.9 Å². The van der Waals surface area contributed by atoms with Crippen molar-refractivity contribution in [3.05, 3.63) is 0 Å². The van der Waals surface area contributed by atoms with Gasteiger partial charge in [0.15, 0.2) is 14.6 Å². The average molecular weight is 338 g/mol. The molecule has 2 rings (SSSR count). The molecule has 9 heteroatoms. The molecule has 1 aliphatic heterocycles. The molecule has 0 spiro atoms. The summed E-state index contributed by atoms with van der Waals surface area (Å²) in [7, 11) is -5.59. The number of hydrogen-bond acceptors (Lipinski definition) is 5. The van der Waals surface area contributed by atoms with Crippen molar-refractivity contribution in [2.75, 3.05) is 25.6 Å². The van der Waals surface area contributed by atoms with Crippen molar-refractivity contribution >= 4 is 25.8 Å². The van der Waals surface area contributed by atoms with Crippen LogP contribution < -0.4 is 4.72 Å². The number of nitrogens with zero attached hydrogens (tertiary/aromatic N) is 1. The number of likely N-dealkylation sites (tertiary alicyclic amines) is 1. The summed E-state index contributed by atoms with van der Waals surface area (Å²) in [5.74, 6) is -0.584. The molecule has 21 heavy (non-hydrogen) atoms. The van der Waals surface area contributed by atoms with Gasteiger partial charge in [-0.2, -0.15) is 0 Å². The van der Waals surface area contributed by atoms with Gasteiger partial charge in [-0.25, -0.2) is 21.6 Å². The Hall–Kier alpha value is -0.670. The Bertz CT molecular complexity index is 622. The second kappa shape index (κ2) is 5.51. The lowest BCUT2D eigenvalue weighted by Gasteiger charge is -2.42. The van der Waals surface area contributed by atoms with E-state index in [1.807, 2.05) is 0 Å². The molecule has 0 aromatic carbocycles. The van der Waals surface area contributed by atoms with Crippen LogP contribution in [0.5, 0.6) is 0 Å². The summed E-state index contributed by atoms with van der Waals surface area (Å²) < 4.78 is 48.3. The fraction of sp³-hybridized carbons (Fsp3) is 0.917. The van der Waals surface area contributed by atoms with Crippen molar-refractivity contribution < 1.29 is 21.6 Å². The fourth-order valence-electron chi connectivity index (χ4n) is 3.12. The van der Waals surface area contributed by atoms with E-state index in [1.54, 1.807) is 0 Å². The lowest BCUT2D eigenvalue weighted by atomic mass is 9.83. The van der Waals surface area contributed by atoms with E-state index in [0.717, 1.165) is 6.26 Å². The average Bonchev–Trinajstić information content (AvgIpc) is 2.72. The normalized spacial score (nSPS) is 25.6. The molecule has 0 bridgehead atoms. The predicted molar refractivity (Wildman–Crippen MR) is 79.0 cm³/mol. The van der Waals surface area contributed by atoms with Crippen LogP contribution in [0.15, 0.2) is 0 Å². The summed E-state index contributed by atoms with van der Waals surface area (Å²) in [6.07, 6.45) is 3.78. The minimum Gasteiger partial charge on any atom is -0.337 e. The highest BCUT2D eigenvalue weighted by Gasteiger charge is 2.55. The lowest BCUT2D eigenvalue weighted by Crippen LogP contribution is -2.59. The standard InChI is InChI=1S/C12H22N2O5S2/c1-13-21(18,19)9-10-5-3-8-14(10)11(15)12(6-4-7-12)20(2,16)17/h10,13H,3-9H2,1-2H3. The Morgan fingerprint density at radius 3 is 2.29 bits per heavy atom. The summed E-state index contributed by atoms with van der Waals surface area (Å²) in [4.78, 5) is 14.2. The molecule has 0 aromatic rings. The largest absolute Gasteiger partial charge is 0.337 e. The SMILES string of the molecule is CNS(=O)(=O)CC1CCCN1C(=O)C1(S(C)(=O)=O)CCC1. The Morgan fingerprint density at radius 2 is 1.86 bits per heavy atom. The fourth-order valence-corrected chi connectivity index (χ4v) is 5.60. The molecule has 2 fully saturated rings. The van der Waals surface area contributed by atoms with Gasteiger partial charge in [0.25, 0.3) is 0 Å². The van der Waals surface area contributed by atoms with Crippen molar-refractivity contribution in [2.24, 2.45) is 0 Å². The number of sulfonamides is 1. The van der Waals surface area contributed by atoms with E-state index in [4.69, 9.17) is 0 Å². The molecule has 1 atom stereocenters. The summed E-state index contributed by atoms with van der Waals surface area (Å²) in [5, 5.41) is 0. The molecular weight excluding hydrogens is 316 g/mol. The maximum absolute atomic E-state index is 12.7. The molecule has 1 amide bonds. The predicted octanol–water partition coefficient (Wildman–Crippen LogP) is -0.506. The van der Waals surface area contributed by atoms with E-state index >= 15 is 0 Å². The van der Waals surface area contributed by atoms with E-state index in [-0.39, 0.29) is 5.75 Å². The highest BCUT2D eigenvalue weighted by Crippen LogP contribution is 2.42. The Labute approximate surface area is 126 Å². The number of carbonyl (C=O) groups excluding carboxylic acids is 1. The van der Waals surface area contributed by atoms with E-state index < -0.39 is 36.6 Å². The number of carbonyl (C=O) groups is 1. The highest BCUT2D eigenvalue weighted by molar-refractivity contribution is 7.93. The zero-order valence-corrected chi connectivity index (χ0v) is 14.0. The molecule has 2 aliphatic rings. The van der Waals surface area contributed by atoms with E-state index in [0.29, 0.717) is 38.6 Å². The Kier molecular flexibility index (Phi) is 4.38. The monoisotopic (exact) mass is 338 g/mol. The zero-order chi connectivity index (χ0) is 15.9. The van der Waals surface area contributed by atoms with Gasteiger partial charge in [-0.15, -0.1) is 0 Å². The van der Waals surface area contributed by atoms with Crippen LogP contribution in [0.3, 0.4) is 0 Å². The van der Waals surface area contributed by atoms with Crippen LogP contribution >= 0.6 is 0 Å². The molecule has 1 N–H and O–H groups in total. The second-order valence-electron chi connectivity index (χ2n) is 5.90. The summed E-state index contributed by atoms with van der Waals surface area (Å²) in [6.45, 7) is 0.431. The summed E-state index contributed by atoms with van der Waals surface area (Å²) in [5.41, 5.74) is 0. The van der Waals surface area contributed by atoms with Gasteiger partial charge >= 0.3 is 0 Å². The molecule has 1 saturated heterocycles. The third kappa shape index (κ3) is 2.95. The van der Waals surface area contributed by atoms with Crippen LogP contribution in [0.2, 0.25) is 0 Å². The van der Waals surface area contributed by atoms with Crippen LogP contribution in [0, 0.1) is 0 Å². The summed E-state index contributed by atoms with van der Waals surface area (Å²) >= 11 is 0. The number of sulfone groups is 1. The van der Waals surface area contributed by atoms with Crippen LogP contribution in [0.4, 0.5) is 0 Å². The third-order valence-electron chi connectivity index (χ3n) is 4.62. The second-order valence-corrected chi connectivity index (χ2v) is 10.2. The van der Waals surface area contributed by atoms with Gasteiger partial charge in [0.2, 0.25) is 15.9 Å². The number of hydrogen-bond donors (Lipinski definition) is 1. The summed E-state index contributed by atoms with van der Waals surface area (Å²) in [6, 6.07) is -0.436.